The molecule has 0 aliphatic carbocycles. The molecule has 7 nitrogen and oxygen atoms in total. The molecule has 4 rings (SSSR count). The summed E-state index contributed by atoms with van der Waals surface area (Å²) in [7, 11) is 4.90. The molecule has 0 spiro atoms. The highest BCUT2D eigenvalue weighted by Gasteiger charge is 2.22. The first-order valence-electron chi connectivity index (χ1n) is 10.4. The van der Waals surface area contributed by atoms with Crippen molar-refractivity contribution in [1.29, 1.82) is 0 Å². The van der Waals surface area contributed by atoms with Gasteiger partial charge in [0.2, 0.25) is 5.91 Å². The largest absolute Gasteiger partial charge is 0.497 e. The summed E-state index contributed by atoms with van der Waals surface area (Å²) in [6.45, 7) is 2.99. The number of carbonyl (C=O) groups is 1. The van der Waals surface area contributed by atoms with Crippen molar-refractivity contribution >= 4 is 22.9 Å². The summed E-state index contributed by atoms with van der Waals surface area (Å²) in [5.74, 6) is 2.29. The van der Waals surface area contributed by atoms with Crippen molar-refractivity contribution in [2.45, 2.75) is 6.42 Å². The molecule has 0 saturated carbocycles. The first-order valence-corrected chi connectivity index (χ1v) is 11.3. The standard InChI is InChI=1S/C24H27N3O4S/c1-29-20-6-4-5-19(15-20)26-9-11-27(12-10-26)23(28)14-18-16-32-24(25-18)17-7-8-21(30-2)22(13-17)31-3/h4-8,13,15-16H,9-12,14H2,1-3H3. The predicted octanol–water partition coefficient (Wildman–Crippen LogP) is 3.73. The number of benzene rings is 2. The van der Waals surface area contributed by atoms with E-state index in [2.05, 4.69) is 16.0 Å². The van der Waals surface area contributed by atoms with Crippen LogP contribution in [0.5, 0.6) is 17.2 Å². The molecule has 1 aliphatic heterocycles. The van der Waals surface area contributed by atoms with Gasteiger partial charge in [0, 0.05) is 48.9 Å². The summed E-state index contributed by atoms with van der Waals surface area (Å²) in [6.07, 6.45) is 0.308. The average molecular weight is 454 g/mol. The van der Waals surface area contributed by atoms with Crippen LogP contribution in [0, 0.1) is 0 Å². The number of methoxy groups -OCH3 is 3. The lowest BCUT2D eigenvalue weighted by Gasteiger charge is -2.36. The minimum atomic E-state index is 0.111. The molecule has 1 amide bonds. The van der Waals surface area contributed by atoms with Crippen molar-refractivity contribution in [3.05, 3.63) is 53.5 Å². The minimum absolute atomic E-state index is 0.111. The van der Waals surface area contributed by atoms with Gasteiger partial charge in [-0.25, -0.2) is 4.98 Å². The minimum Gasteiger partial charge on any atom is -0.497 e. The van der Waals surface area contributed by atoms with Gasteiger partial charge in [0.15, 0.2) is 11.5 Å². The molecule has 0 atom stereocenters. The Labute approximate surface area is 192 Å². The number of piperazine rings is 1. The molecule has 2 heterocycles. The maximum atomic E-state index is 12.9. The van der Waals surface area contributed by atoms with Crippen molar-refractivity contribution in [1.82, 2.24) is 9.88 Å². The molecular formula is C24H27N3O4S. The molecule has 1 aliphatic rings. The van der Waals surface area contributed by atoms with E-state index in [0.29, 0.717) is 31.0 Å². The van der Waals surface area contributed by atoms with Crippen LogP contribution in [0.3, 0.4) is 0 Å². The molecule has 1 aromatic heterocycles. The van der Waals surface area contributed by atoms with Gasteiger partial charge in [-0.1, -0.05) is 6.07 Å². The summed E-state index contributed by atoms with van der Waals surface area (Å²) in [5.41, 5.74) is 2.86. The average Bonchev–Trinajstić information content (AvgIpc) is 3.32. The Morgan fingerprint density at radius 3 is 2.47 bits per heavy atom. The fourth-order valence-corrected chi connectivity index (χ4v) is 4.59. The lowest BCUT2D eigenvalue weighted by atomic mass is 10.2. The first-order chi connectivity index (χ1) is 15.6. The highest BCUT2D eigenvalue weighted by atomic mass is 32.1. The van der Waals surface area contributed by atoms with Crippen LogP contribution >= 0.6 is 11.3 Å². The summed E-state index contributed by atoms with van der Waals surface area (Å²) >= 11 is 1.53. The van der Waals surface area contributed by atoms with E-state index in [-0.39, 0.29) is 5.91 Å². The monoisotopic (exact) mass is 453 g/mol. The number of aromatic nitrogens is 1. The summed E-state index contributed by atoms with van der Waals surface area (Å²) < 4.78 is 16.0. The lowest BCUT2D eigenvalue weighted by molar-refractivity contribution is -0.130. The fraction of sp³-hybridized carbons (Fsp3) is 0.333. The van der Waals surface area contributed by atoms with Crippen LogP contribution < -0.4 is 19.1 Å². The van der Waals surface area contributed by atoms with Crippen LogP contribution in [0.15, 0.2) is 47.8 Å². The number of rotatable bonds is 7. The summed E-state index contributed by atoms with van der Waals surface area (Å²) in [5, 5.41) is 2.81. The van der Waals surface area contributed by atoms with Crippen LogP contribution in [0.25, 0.3) is 10.6 Å². The van der Waals surface area contributed by atoms with Gasteiger partial charge >= 0.3 is 0 Å². The topological polar surface area (TPSA) is 64.1 Å². The van der Waals surface area contributed by atoms with E-state index < -0.39 is 0 Å². The Balaban J connectivity index is 1.36. The second-order valence-electron chi connectivity index (χ2n) is 7.46. The molecule has 0 unspecified atom stereocenters. The zero-order valence-electron chi connectivity index (χ0n) is 18.5. The number of carbonyl (C=O) groups excluding carboxylic acids is 1. The highest BCUT2D eigenvalue weighted by Crippen LogP contribution is 2.33. The molecule has 2 aromatic carbocycles. The molecule has 0 radical (unpaired) electrons. The van der Waals surface area contributed by atoms with Crippen molar-refractivity contribution in [2.75, 3.05) is 52.4 Å². The zero-order valence-corrected chi connectivity index (χ0v) is 19.4. The van der Waals surface area contributed by atoms with E-state index in [0.717, 1.165) is 40.8 Å². The van der Waals surface area contributed by atoms with Crippen molar-refractivity contribution in [3.8, 4) is 27.8 Å². The molecule has 168 valence electrons. The molecule has 1 saturated heterocycles. The number of ether oxygens (including phenoxy) is 3. The van der Waals surface area contributed by atoms with Crippen LogP contribution in [-0.4, -0.2) is 63.3 Å². The molecule has 1 fully saturated rings. The van der Waals surface area contributed by atoms with Crippen LogP contribution in [0.1, 0.15) is 5.69 Å². The molecule has 0 N–H and O–H groups in total. The van der Waals surface area contributed by atoms with Gasteiger partial charge < -0.3 is 24.0 Å². The maximum Gasteiger partial charge on any atom is 0.228 e. The van der Waals surface area contributed by atoms with E-state index in [1.807, 2.05) is 46.7 Å². The Morgan fingerprint density at radius 2 is 1.75 bits per heavy atom. The quantitative estimate of drug-likeness (QED) is 0.543. The number of thiazole rings is 1. The second-order valence-corrected chi connectivity index (χ2v) is 8.32. The van der Waals surface area contributed by atoms with Crippen molar-refractivity contribution < 1.29 is 19.0 Å². The second kappa shape index (κ2) is 9.91. The first kappa shape index (κ1) is 22.0. The number of anilines is 1. The summed E-state index contributed by atoms with van der Waals surface area (Å²) in [4.78, 5) is 21.7. The van der Waals surface area contributed by atoms with E-state index in [1.54, 1.807) is 21.3 Å². The van der Waals surface area contributed by atoms with E-state index in [4.69, 9.17) is 14.2 Å². The normalized spacial score (nSPS) is 13.7. The number of amides is 1. The summed E-state index contributed by atoms with van der Waals surface area (Å²) in [6, 6.07) is 13.7. The van der Waals surface area contributed by atoms with Gasteiger partial charge in [0.1, 0.15) is 10.8 Å². The number of hydrogen-bond donors (Lipinski definition) is 0. The maximum absolute atomic E-state index is 12.9. The molecule has 0 bridgehead atoms. The van der Waals surface area contributed by atoms with E-state index in [9.17, 15) is 4.79 Å². The Kier molecular flexibility index (Phi) is 6.80. The number of hydrogen-bond acceptors (Lipinski definition) is 7. The van der Waals surface area contributed by atoms with Gasteiger partial charge in [-0.15, -0.1) is 11.3 Å². The van der Waals surface area contributed by atoms with E-state index in [1.165, 1.54) is 11.3 Å². The molecule has 8 heteroatoms. The third kappa shape index (κ3) is 4.80. The highest BCUT2D eigenvalue weighted by molar-refractivity contribution is 7.13. The van der Waals surface area contributed by atoms with Gasteiger partial charge in [-0.3, -0.25) is 4.79 Å². The molecule has 32 heavy (non-hydrogen) atoms. The van der Waals surface area contributed by atoms with Crippen molar-refractivity contribution in [2.24, 2.45) is 0 Å². The van der Waals surface area contributed by atoms with Gasteiger partial charge in [-0.05, 0) is 30.3 Å². The molecular weight excluding hydrogens is 426 g/mol. The third-order valence-electron chi connectivity index (χ3n) is 5.57. The number of nitrogens with zero attached hydrogens (tertiary/aromatic N) is 3. The van der Waals surface area contributed by atoms with Gasteiger partial charge in [0.25, 0.3) is 0 Å². The van der Waals surface area contributed by atoms with Crippen LogP contribution in [0.2, 0.25) is 0 Å². The lowest BCUT2D eigenvalue weighted by Crippen LogP contribution is -2.49. The van der Waals surface area contributed by atoms with Crippen molar-refractivity contribution in [3.63, 3.8) is 0 Å². The third-order valence-corrected chi connectivity index (χ3v) is 6.51. The molecule has 3 aromatic rings. The van der Waals surface area contributed by atoms with E-state index >= 15 is 0 Å². The smallest absolute Gasteiger partial charge is 0.228 e. The zero-order chi connectivity index (χ0) is 22.5. The Hall–Kier alpha value is -3.26. The Morgan fingerprint density at radius 1 is 0.969 bits per heavy atom. The SMILES string of the molecule is COc1cccc(N2CCN(C(=O)Cc3csc(-c4ccc(OC)c(OC)c4)n3)CC2)c1. The van der Waals surface area contributed by atoms with Crippen LogP contribution in [0.4, 0.5) is 5.69 Å². The fourth-order valence-electron chi connectivity index (χ4n) is 3.78. The van der Waals surface area contributed by atoms with Gasteiger partial charge in [0.05, 0.1) is 33.4 Å². The predicted molar refractivity (Wildman–Crippen MR) is 126 cm³/mol. The Bertz CT molecular complexity index is 1080. The van der Waals surface area contributed by atoms with Crippen LogP contribution in [-0.2, 0) is 11.2 Å². The van der Waals surface area contributed by atoms with Gasteiger partial charge in [-0.2, -0.15) is 0 Å².